The summed E-state index contributed by atoms with van der Waals surface area (Å²) in [5, 5.41) is 0. The second-order valence-electron chi connectivity index (χ2n) is 16.2. The highest BCUT2D eigenvalue weighted by Gasteiger charge is 2.13. The average molecular weight is 796 g/mol. The molecule has 0 saturated carbocycles. The maximum atomic E-state index is 12.4. The van der Waals surface area contributed by atoms with Crippen molar-refractivity contribution in [2.75, 3.05) is 52.5 Å². The Morgan fingerprint density at radius 3 is 1.24 bits per heavy atom. The van der Waals surface area contributed by atoms with E-state index in [1.807, 2.05) is 0 Å². The molecule has 1 aliphatic rings. The molecule has 1 heterocycles. The molecule has 0 atom stereocenters. The van der Waals surface area contributed by atoms with Gasteiger partial charge in [0, 0.05) is 25.9 Å². The van der Waals surface area contributed by atoms with Gasteiger partial charge in [0.25, 0.3) is 0 Å². The van der Waals surface area contributed by atoms with Crippen LogP contribution in [0.2, 0.25) is 0 Å². The Bertz CT molecular complexity index is 818. The molecule has 0 aromatic heterocycles. The van der Waals surface area contributed by atoms with Crippen molar-refractivity contribution in [3.63, 3.8) is 0 Å². The predicted molar refractivity (Wildman–Crippen MR) is 239 cm³/mol. The molecule has 7 heteroatoms. The Labute approximate surface area is 348 Å². The molecule has 1 rings (SSSR count). The van der Waals surface area contributed by atoms with Crippen molar-refractivity contribution in [2.45, 2.75) is 219 Å². The number of hydrogen-bond donors (Lipinski definition) is 0. The van der Waals surface area contributed by atoms with Crippen LogP contribution in [0.25, 0.3) is 0 Å². The maximum absolute atomic E-state index is 12.4. The third-order valence-electron chi connectivity index (χ3n) is 11.0. The molecule has 1 saturated heterocycles. The van der Waals surface area contributed by atoms with E-state index in [4.69, 9.17) is 9.47 Å². The maximum Gasteiger partial charge on any atom is 0.305 e. The molecule has 55 heavy (non-hydrogen) atoms. The van der Waals surface area contributed by atoms with Crippen molar-refractivity contribution in [3.05, 3.63) is 24.3 Å². The minimum absolute atomic E-state index is 0. The number of halogens is 1. The second-order valence-corrected chi connectivity index (χ2v) is 16.2. The van der Waals surface area contributed by atoms with Gasteiger partial charge < -0.3 is 14.4 Å². The fraction of sp³-hybridized carbons (Fsp3) is 0.875. The van der Waals surface area contributed by atoms with Gasteiger partial charge in [0.05, 0.1) is 0 Å². The fourth-order valence-corrected chi connectivity index (χ4v) is 7.44. The predicted octanol–water partition coefficient (Wildman–Crippen LogP) is 13.7. The van der Waals surface area contributed by atoms with E-state index in [0.717, 1.165) is 45.2 Å². The van der Waals surface area contributed by atoms with Crippen LogP contribution in [-0.2, 0) is 19.1 Å². The largest absolute Gasteiger partial charge is 0.464 e. The highest BCUT2D eigenvalue weighted by Crippen LogP contribution is 2.13. The Morgan fingerprint density at radius 1 is 0.473 bits per heavy atom. The molecule has 1 aliphatic heterocycles. The Morgan fingerprint density at radius 2 is 0.836 bits per heavy atom. The molecule has 0 spiro atoms. The van der Waals surface area contributed by atoms with Crippen LogP contribution >= 0.6 is 12.4 Å². The van der Waals surface area contributed by atoms with E-state index in [0.29, 0.717) is 39.1 Å². The number of carbonyl (C=O) groups is 2. The number of allylic oxidation sites excluding steroid dienone is 4. The summed E-state index contributed by atoms with van der Waals surface area (Å²) in [6.45, 7) is 11.2. The third kappa shape index (κ3) is 39.2. The van der Waals surface area contributed by atoms with E-state index < -0.39 is 0 Å². The molecule has 0 N–H and O–H groups in total. The second kappa shape index (κ2) is 43.7. The lowest BCUT2D eigenvalue weighted by atomic mass is 10.1. The molecule has 0 aromatic carbocycles. The van der Waals surface area contributed by atoms with Crippen LogP contribution in [0.5, 0.6) is 0 Å². The normalized spacial score (nSPS) is 13.6. The van der Waals surface area contributed by atoms with E-state index in [-0.39, 0.29) is 24.3 Å². The molecule has 6 nitrogen and oxygen atoms in total. The van der Waals surface area contributed by atoms with Crippen molar-refractivity contribution in [2.24, 2.45) is 0 Å². The zero-order valence-corrected chi connectivity index (χ0v) is 37.3. The van der Waals surface area contributed by atoms with Gasteiger partial charge in [-0.15, -0.1) is 12.4 Å². The van der Waals surface area contributed by atoms with Gasteiger partial charge >= 0.3 is 11.9 Å². The molecule has 0 amide bonds. The van der Waals surface area contributed by atoms with Crippen LogP contribution in [0.15, 0.2) is 24.3 Å². The van der Waals surface area contributed by atoms with Gasteiger partial charge in [-0.25, -0.2) is 0 Å². The minimum atomic E-state index is -0.0766. The number of ether oxygens (including phenoxy) is 2. The molecule has 0 aromatic rings. The first-order chi connectivity index (χ1) is 26.7. The van der Waals surface area contributed by atoms with E-state index in [1.165, 1.54) is 174 Å². The Hall–Kier alpha value is -1.37. The third-order valence-corrected chi connectivity index (χ3v) is 11.0. The quantitative estimate of drug-likeness (QED) is 0.0350. The Kier molecular flexibility index (Phi) is 42.7. The lowest BCUT2D eigenvalue weighted by Crippen LogP contribution is -2.36. The summed E-state index contributed by atoms with van der Waals surface area (Å²) < 4.78 is 11.3. The number of esters is 2. The summed E-state index contributed by atoms with van der Waals surface area (Å²) >= 11 is 0. The van der Waals surface area contributed by atoms with Crippen molar-refractivity contribution in [1.29, 1.82) is 0 Å². The summed E-state index contributed by atoms with van der Waals surface area (Å²) in [5.41, 5.74) is 0. The fourth-order valence-electron chi connectivity index (χ4n) is 7.44. The average Bonchev–Trinajstić information content (AvgIpc) is 3.18. The minimum Gasteiger partial charge on any atom is -0.464 e. The number of likely N-dealkylation sites (tertiary alicyclic amines) is 1. The molecule has 0 unspecified atom stereocenters. The lowest BCUT2D eigenvalue weighted by molar-refractivity contribution is -0.144. The monoisotopic (exact) mass is 795 g/mol. The van der Waals surface area contributed by atoms with Crippen molar-refractivity contribution >= 4 is 24.3 Å². The molecule has 0 aliphatic carbocycles. The van der Waals surface area contributed by atoms with Crippen LogP contribution in [0.1, 0.15) is 219 Å². The first-order valence-corrected chi connectivity index (χ1v) is 23.7. The number of hydrogen-bond acceptors (Lipinski definition) is 6. The summed E-state index contributed by atoms with van der Waals surface area (Å²) in [7, 11) is 0. The van der Waals surface area contributed by atoms with E-state index in [9.17, 15) is 9.59 Å². The summed E-state index contributed by atoms with van der Waals surface area (Å²) in [5.74, 6) is -0.153. The smallest absolute Gasteiger partial charge is 0.305 e. The number of carbonyl (C=O) groups excluding carboxylic acids is 2. The topological polar surface area (TPSA) is 59.1 Å². The van der Waals surface area contributed by atoms with Crippen LogP contribution in [0.3, 0.4) is 0 Å². The highest BCUT2D eigenvalue weighted by atomic mass is 35.5. The summed E-state index contributed by atoms with van der Waals surface area (Å²) in [6, 6.07) is 0. The summed E-state index contributed by atoms with van der Waals surface area (Å²) in [6.07, 6.45) is 48.2. The zero-order chi connectivity index (χ0) is 38.8. The number of unbranched alkanes of at least 4 members (excludes halogenated alkanes) is 22. The zero-order valence-electron chi connectivity index (χ0n) is 36.5. The van der Waals surface area contributed by atoms with Gasteiger partial charge in [-0.05, 0) is 110 Å². The Balaban J connectivity index is 0.0000292. The SMILES string of the molecule is CCCCCCCC/C=C\CCCCCCCC(=O)OCCN(CCCN1CCCCC1)CCOC(=O)CCCCCCC/C=C\CCCCCCCC.Cl. The molecule has 1 fully saturated rings. The van der Waals surface area contributed by atoms with Crippen molar-refractivity contribution < 1.29 is 19.1 Å². The molecule has 324 valence electrons. The van der Waals surface area contributed by atoms with E-state index >= 15 is 0 Å². The molecule has 0 bridgehead atoms. The van der Waals surface area contributed by atoms with Crippen molar-refractivity contribution in [3.8, 4) is 0 Å². The van der Waals surface area contributed by atoms with Gasteiger partial charge in [0.2, 0.25) is 0 Å². The van der Waals surface area contributed by atoms with Crippen LogP contribution in [0, 0.1) is 0 Å². The first-order valence-electron chi connectivity index (χ1n) is 23.7. The number of rotatable bonds is 40. The van der Waals surface area contributed by atoms with Crippen LogP contribution < -0.4 is 0 Å². The van der Waals surface area contributed by atoms with Crippen molar-refractivity contribution in [1.82, 2.24) is 9.80 Å². The van der Waals surface area contributed by atoms with Gasteiger partial charge in [-0.1, -0.05) is 147 Å². The first kappa shape index (κ1) is 53.6. The van der Waals surface area contributed by atoms with E-state index in [1.54, 1.807) is 0 Å². The summed E-state index contributed by atoms with van der Waals surface area (Å²) in [4.78, 5) is 29.8. The number of nitrogens with zero attached hydrogens (tertiary/aromatic N) is 2. The molecule has 0 radical (unpaired) electrons. The van der Waals surface area contributed by atoms with Crippen LogP contribution in [0.4, 0.5) is 0 Å². The van der Waals surface area contributed by atoms with E-state index in [2.05, 4.69) is 48.0 Å². The lowest BCUT2D eigenvalue weighted by Gasteiger charge is -2.28. The van der Waals surface area contributed by atoms with Gasteiger partial charge in [-0.3, -0.25) is 14.5 Å². The molecular weight excluding hydrogens is 704 g/mol. The number of piperidine rings is 1. The molecular formula is C48H91ClN2O4. The highest BCUT2D eigenvalue weighted by molar-refractivity contribution is 5.85. The van der Waals surface area contributed by atoms with Gasteiger partial charge in [0.15, 0.2) is 0 Å². The van der Waals surface area contributed by atoms with Crippen LogP contribution in [-0.4, -0.2) is 74.2 Å². The van der Waals surface area contributed by atoms with Gasteiger partial charge in [0.1, 0.15) is 13.2 Å². The standard InChI is InChI=1S/C48H90N2O4.ClH/c1-3-5-7-9-11-13-15-17-19-21-23-25-27-29-32-37-47(51)53-45-43-50(42-36-41-49-39-34-31-35-40-49)44-46-54-48(52)38-33-30-28-26-24-22-20-18-16-14-12-10-8-6-4-2;/h17-20H,3-16,21-46H2,1-2H3;1H/b19-17-,20-18-;. The van der Waals surface area contributed by atoms with Gasteiger partial charge in [-0.2, -0.15) is 0 Å².